The average Bonchev–Trinajstić information content (AvgIpc) is 3.15. The van der Waals surface area contributed by atoms with E-state index in [0.717, 1.165) is 51.2 Å². The van der Waals surface area contributed by atoms with Crippen molar-refractivity contribution in [3.63, 3.8) is 0 Å². The summed E-state index contributed by atoms with van der Waals surface area (Å²) < 4.78 is 12.4. The number of rotatable bonds is 0. The Bertz CT molecular complexity index is 502. The van der Waals surface area contributed by atoms with Gasteiger partial charge in [-0.2, -0.15) is 0 Å². The molecule has 4 nitrogen and oxygen atoms in total. The fourth-order valence-electron chi connectivity index (χ4n) is 7.71. The third kappa shape index (κ3) is 2.00. The summed E-state index contributed by atoms with van der Waals surface area (Å²) in [5.74, 6) is 2.58. The van der Waals surface area contributed by atoms with E-state index in [4.69, 9.17) is 9.47 Å². The van der Waals surface area contributed by atoms with Crippen molar-refractivity contribution in [2.24, 2.45) is 35.0 Å². The molecule has 24 heavy (non-hydrogen) atoms. The zero-order chi connectivity index (χ0) is 16.5. The zero-order valence-electron chi connectivity index (χ0n) is 14.8. The van der Waals surface area contributed by atoms with E-state index in [1.807, 2.05) is 0 Å². The zero-order valence-corrected chi connectivity index (χ0v) is 14.8. The van der Waals surface area contributed by atoms with Gasteiger partial charge >= 0.3 is 0 Å². The van der Waals surface area contributed by atoms with E-state index in [0.29, 0.717) is 23.7 Å². The summed E-state index contributed by atoms with van der Waals surface area (Å²) in [7, 11) is 0. The van der Waals surface area contributed by atoms with Crippen molar-refractivity contribution in [1.82, 2.24) is 0 Å². The Kier molecular flexibility index (Phi) is 3.62. The first-order chi connectivity index (χ1) is 11.5. The van der Waals surface area contributed by atoms with Crippen LogP contribution in [0.2, 0.25) is 0 Å². The highest BCUT2D eigenvalue weighted by Gasteiger charge is 2.66. The van der Waals surface area contributed by atoms with Gasteiger partial charge in [-0.15, -0.1) is 0 Å². The van der Waals surface area contributed by atoms with Crippen molar-refractivity contribution >= 4 is 0 Å². The van der Waals surface area contributed by atoms with Crippen LogP contribution in [0.5, 0.6) is 0 Å². The molecule has 5 fully saturated rings. The normalized spacial score (nSPS) is 55.9. The lowest BCUT2D eigenvalue weighted by atomic mass is 9.49. The van der Waals surface area contributed by atoms with Gasteiger partial charge in [-0.1, -0.05) is 6.92 Å². The number of hydrogen-bond donors (Lipinski definition) is 2. The second-order valence-electron chi connectivity index (χ2n) is 9.48. The number of ether oxygens (including phenoxy) is 2. The molecule has 136 valence electrons. The fraction of sp³-hybridized carbons (Fsp3) is 1.00. The Balaban J connectivity index is 1.44. The molecule has 8 atom stereocenters. The predicted octanol–water partition coefficient (Wildman–Crippen LogP) is 2.71. The maximum absolute atomic E-state index is 10.8. The Morgan fingerprint density at radius 3 is 2.33 bits per heavy atom. The van der Waals surface area contributed by atoms with Crippen LogP contribution >= 0.6 is 0 Å². The summed E-state index contributed by atoms with van der Waals surface area (Å²) in [5, 5.41) is 20.9. The van der Waals surface area contributed by atoms with E-state index >= 15 is 0 Å². The largest absolute Gasteiger partial charge is 0.393 e. The Morgan fingerprint density at radius 1 is 0.792 bits per heavy atom. The summed E-state index contributed by atoms with van der Waals surface area (Å²) >= 11 is 0. The maximum atomic E-state index is 10.8. The van der Waals surface area contributed by atoms with E-state index in [-0.39, 0.29) is 23.4 Å². The van der Waals surface area contributed by atoms with Gasteiger partial charge in [0.25, 0.3) is 0 Å². The maximum Gasteiger partial charge on any atom is 0.174 e. The van der Waals surface area contributed by atoms with Crippen LogP contribution in [0.1, 0.15) is 58.3 Å². The second-order valence-corrected chi connectivity index (χ2v) is 9.48. The van der Waals surface area contributed by atoms with Crippen LogP contribution in [0.3, 0.4) is 0 Å². The molecule has 0 radical (unpaired) electrons. The Hall–Kier alpha value is -0.160. The third-order valence-electron chi connectivity index (χ3n) is 8.78. The smallest absolute Gasteiger partial charge is 0.174 e. The molecule has 4 heteroatoms. The van der Waals surface area contributed by atoms with Gasteiger partial charge in [-0.25, -0.2) is 0 Å². The van der Waals surface area contributed by atoms with Gasteiger partial charge in [0, 0.05) is 11.8 Å². The van der Waals surface area contributed by atoms with Crippen LogP contribution in [-0.4, -0.2) is 41.4 Å². The van der Waals surface area contributed by atoms with Crippen LogP contribution in [0.25, 0.3) is 0 Å². The van der Waals surface area contributed by atoms with E-state index in [1.54, 1.807) is 0 Å². The molecule has 2 unspecified atom stereocenters. The summed E-state index contributed by atoms with van der Waals surface area (Å²) in [6, 6.07) is 0. The lowest BCUT2D eigenvalue weighted by molar-refractivity contribution is -0.246. The molecule has 1 aliphatic heterocycles. The lowest BCUT2D eigenvalue weighted by Crippen LogP contribution is -2.56. The first-order valence-corrected chi connectivity index (χ1v) is 10.2. The fourth-order valence-corrected chi connectivity index (χ4v) is 7.71. The molecule has 0 bridgehead atoms. The van der Waals surface area contributed by atoms with Crippen molar-refractivity contribution < 1.29 is 19.7 Å². The molecule has 2 N–H and O–H groups in total. The third-order valence-corrected chi connectivity index (χ3v) is 8.78. The summed E-state index contributed by atoms with van der Waals surface area (Å²) in [6.45, 7) is 3.87. The van der Waals surface area contributed by atoms with Gasteiger partial charge in [0.15, 0.2) is 5.79 Å². The minimum absolute atomic E-state index is 0.116. The molecule has 1 spiro atoms. The second kappa shape index (κ2) is 5.42. The molecule has 4 saturated carbocycles. The van der Waals surface area contributed by atoms with Crippen molar-refractivity contribution in [1.29, 1.82) is 0 Å². The minimum atomic E-state index is -0.340. The molecular weight excluding hydrogens is 304 g/mol. The van der Waals surface area contributed by atoms with E-state index in [1.165, 1.54) is 19.3 Å². The van der Waals surface area contributed by atoms with Gasteiger partial charge < -0.3 is 19.7 Å². The van der Waals surface area contributed by atoms with Crippen LogP contribution in [0.4, 0.5) is 0 Å². The van der Waals surface area contributed by atoms with E-state index in [2.05, 4.69) is 6.92 Å². The number of aliphatic hydroxyl groups is 2. The quantitative estimate of drug-likeness (QED) is 0.714. The van der Waals surface area contributed by atoms with Crippen molar-refractivity contribution in [3.05, 3.63) is 0 Å². The van der Waals surface area contributed by atoms with Gasteiger partial charge in [-0.3, -0.25) is 0 Å². The first-order valence-electron chi connectivity index (χ1n) is 10.2. The first kappa shape index (κ1) is 16.0. The Labute approximate surface area is 144 Å². The van der Waals surface area contributed by atoms with Gasteiger partial charge in [0.2, 0.25) is 0 Å². The minimum Gasteiger partial charge on any atom is -0.393 e. The summed E-state index contributed by atoms with van der Waals surface area (Å²) in [5.41, 5.74) is 0.116. The molecule has 0 aromatic carbocycles. The molecule has 5 rings (SSSR count). The lowest BCUT2D eigenvalue weighted by Gasteiger charge is -2.58. The van der Waals surface area contributed by atoms with E-state index < -0.39 is 0 Å². The Morgan fingerprint density at radius 2 is 1.54 bits per heavy atom. The molecule has 4 aliphatic carbocycles. The average molecular weight is 336 g/mol. The highest BCUT2D eigenvalue weighted by atomic mass is 16.7. The van der Waals surface area contributed by atoms with Crippen molar-refractivity contribution in [2.45, 2.75) is 76.3 Å². The molecule has 0 aromatic rings. The highest BCUT2D eigenvalue weighted by molar-refractivity contribution is 5.11. The monoisotopic (exact) mass is 336 g/mol. The molecule has 0 aromatic heterocycles. The number of aliphatic hydroxyl groups excluding tert-OH is 2. The molecule has 1 saturated heterocycles. The molecule has 1 heterocycles. The van der Waals surface area contributed by atoms with Gasteiger partial charge in [0.1, 0.15) is 0 Å². The predicted molar refractivity (Wildman–Crippen MR) is 89.1 cm³/mol. The van der Waals surface area contributed by atoms with Crippen LogP contribution in [0, 0.1) is 35.0 Å². The highest BCUT2D eigenvalue weighted by Crippen LogP contribution is 2.67. The van der Waals surface area contributed by atoms with Crippen LogP contribution in [0.15, 0.2) is 0 Å². The summed E-state index contributed by atoms with van der Waals surface area (Å²) in [6.07, 6.45) is 8.00. The topological polar surface area (TPSA) is 58.9 Å². The number of hydrogen-bond acceptors (Lipinski definition) is 4. The van der Waals surface area contributed by atoms with Gasteiger partial charge in [-0.05, 0) is 74.5 Å². The number of fused-ring (bicyclic) bond motifs is 6. The van der Waals surface area contributed by atoms with Crippen LogP contribution < -0.4 is 0 Å². The van der Waals surface area contributed by atoms with E-state index in [9.17, 15) is 10.2 Å². The molecular formula is C20H32O4. The van der Waals surface area contributed by atoms with Gasteiger partial charge in [0.05, 0.1) is 25.4 Å². The van der Waals surface area contributed by atoms with Crippen molar-refractivity contribution in [2.75, 3.05) is 13.2 Å². The summed E-state index contributed by atoms with van der Waals surface area (Å²) in [4.78, 5) is 0. The van der Waals surface area contributed by atoms with Crippen molar-refractivity contribution in [3.8, 4) is 0 Å². The SMILES string of the molecule is C[C@]12CC[C@H]3[C@@H](CC(O)C4C[C@@H](O)CC[C@@H]43)[C@@H]1CCC21OCCO1. The molecule has 5 aliphatic rings. The standard InChI is InChI=1S/C20H32O4/c1-19-6-4-14-13-3-2-12(21)10-16(13)18(22)11-15(14)17(19)5-7-20(19)23-8-9-24-20/h12-18,21-22H,2-11H2,1H3/t12-,13+,14+,15+,16?,17-,18?,19-/m0/s1. The molecule has 0 amide bonds. The van der Waals surface area contributed by atoms with Crippen LogP contribution in [-0.2, 0) is 9.47 Å².